The van der Waals surface area contributed by atoms with Gasteiger partial charge in [0, 0.05) is 31.6 Å². The van der Waals surface area contributed by atoms with E-state index in [9.17, 15) is 26.0 Å². The van der Waals surface area contributed by atoms with Crippen molar-refractivity contribution >= 4 is 21.3 Å². The van der Waals surface area contributed by atoms with Gasteiger partial charge in [-0.1, -0.05) is 13.8 Å². The Balaban J connectivity index is 1.90. The third-order valence-corrected chi connectivity index (χ3v) is 6.19. The Morgan fingerprint density at radius 2 is 1.87 bits per heavy atom. The van der Waals surface area contributed by atoms with Crippen molar-refractivity contribution in [3.05, 3.63) is 42.1 Å². The average Bonchev–Trinajstić information content (AvgIpc) is 2.66. The monoisotopic (exact) mass is 446 g/mol. The first-order chi connectivity index (χ1) is 13.9. The molecule has 6 nitrogen and oxygen atoms in total. The Labute approximate surface area is 172 Å². The second-order valence-corrected chi connectivity index (χ2v) is 9.58. The van der Waals surface area contributed by atoms with Crippen LogP contribution in [-0.4, -0.2) is 50.3 Å². The minimum absolute atomic E-state index is 0.0546. The van der Waals surface area contributed by atoms with Crippen LogP contribution < -0.4 is 9.80 Å². The summed E-state index contributed by atoms with van der Waals surface area (Å²) < 4.78 is 76.7. The van der Waals surface area contributed by atoms with Crippen LogP contribution in [0.1, 0.15) is 19.5 Å². The van der Waals surface area contributed by atoms with E-state index in [1.807, 2.05) is 18.7 Å². The van der Waals surface area contributed by atoms with E-state index in [1.165, 1.54) is 18.3 Å². The lowest BCUT2D eigenvalue weighted by Gasteiger charge is -2.45. The Morgan fingerprint density at radius 1 is 1.17 bits per heavy atom. The van der Waals surface area contributed by atoms with Gasteiger partial charge in [0.2, 0.25) is 0 Å². The predicted molar refractivity (Wildman–Crippen MR) is 105 cm³/mol. The average molecular weight is 446 g/mol. The van der Waals surface area contributed by atoms with Crippen molar-refractivity contribution in [2.45, 2.75) is 31.0 Å². The zero-order valence-electron chi connectivity index (χ0n) is 16.7. The number of rotatable bonds is 4. The van der Waals surface area contributed by atoms with Gasteiger partial charge in [0.05, 0.1) is 18.4 Å². The molecule has 1 unspecified atom stereocenters. The normalized spacial score (nSPS) is 18.2. The van der Waals surface area contributed by atoms with E-state index >= 15 is 0 Å². The molecule has 0 N–H and O–H groups in total. The highest BCUT2D eigenvalue weighted by molar-refractivity contribution is 7.90. The summed E-state index contributed by atoms with van der Waals surface area (Å²) in [6, 6.07) is 3.70. The largest absolute Gasteiger partial charge is 0.434 e. The topological polar surface area (TPSA) is 66.4 Å². The molecule has 1 aromatic heterocycles. The molecule has 2 heterocycles. The second kappa shape index (κ2) is 8.01. The highest BCUT2D eigenvalue weighted by Crippen LogP contribution is 2.31. The number of aromatic nitrogens is 2. The molecule has 2 aromatic rings. The maximum Gasteiger partial charge on any atom is 0.434 e. The van der Waals surface area contributed by atoms with Crippen molar-refractivity contribution in [3.63, 3.8) is 0 Å². The Bertz CT molecular complexity index is 1030. The smallest absolute Gasteiger partial charge is 0.368 e. The highest BCUT2D eigenvalue weighted by atomic mass is 32.2. The van der Waals surface area contributed by atoms with Gasteiger partial charge in [-0.25, -0.2) is 17.8 Å². The fraction of sp³-hybridized carbons (Fsp3) is 0.474. The number of hydrogen-bond donors (Lipinski definition) is 0. The summed E-state index contributed by atoms with van der Waals surface area (Å²) in [6.45, 7) is 5.04. The van der Waals surface area contributed by atoms with Crippen molar-refractivity contribution in [2.24, 2.45) is 5.92 Å². The van der Waals surface area contributed by atoms with Crippen LogP contribution >= 0.6 is 0 Å². The third kappa shape index (κ3) is 4.66. The molecule has 1 aliphatic heterocycles. The Morgan fingerprint density at radius 3 is 2.47 bits per heavy atom. The number of nitrogens with zero attached hydrogens (tertiary/aromatic N) is 4. The van der Waals surface area contributed by atoms with E-state index in [1.54, 1.807) is 4.90 Å². The van der Waals surface area contributed by atoms with Crippen molar-refractivity contribution in [1.82, 2.24) is 9.97 Å². The molecule has 164 valence electrons. The molecule has 0 radical (unpaired) electrons. The molecule has 0 spiro atoms. The molecule has 1 atom stereocenters. The van der Waals surface area contributed by atoms with Gasteiger partial charge in [-0.05, 0) is 24.1 Å². The highest BCUT2D eigenvalue weighted by Gasteiger charge is 2.36. The minimum atomic E-state index is -4.59. The van der Waals surface area contributed by atoms with Gasteiger partial charge in [0.25, 0.3) is 0 Å². The predicted octanol–water partition coefficient (Wildman–Crippen LogP) is 3.39. The number of alkyl halides is 3. The van der Waals surface area contributed by atoms with Crippen LogP contribution in [0.2, 0.25) is 0 Å². The SMILES string of the molecule is CC(C)C1CN(c2ccc(F)c(S(C)(=O)=O)c2)CCN1c1cncc(C(F)(F)F)n1. The number of anilines is 2. The minimum Gasteiger partial charge on any atom is -0.368 e. The lowest BCUT2D eigenvalue weighted by atomic mass is 9.99. The summed E-state index contributed by atoms with van der Waals surface area (Å²) in [5.74, 6) is -0.627. The van der Waals surface area contributed by atoms with Crippen molar-refractivity contribution in [2.75, 3.05) is 35.7 Å². The van der Waals surface area contributed by atoms with Crippen LogP contribution in [0.3, 0.4) is 0 Å². The van der Waals surface area contributed by atoms with Gasteiger partial charge < -0.3 is 9.80 Å². The lowest BCUT2D eigenvalue weighted by Crippen LogP contribution is -2.56. The fourth-order valence-corrected chi connectivity index (χ4v) is 4.26. The first-order valence-corrected chi connectivity index (χ1v) is 11.2. The molecule has 0 aliphatic carbocycles. The summed E-state index contributed by atoms with van der Waals surface area (Å²) in [5, 5.41) is 0. The number of hydrogen-bond acceptors (Lipinski definition) is 6. The van der Waals surface area contributed by atoms with Crippen LogP contribution in [0.4, 0.5) is 29.1 Å². The third-order valence-electron chi connectivity index (χ3n) is 5.07. The summed E-state index contributed by atoms with van der Waals surface area (Å²) >= 11 is 0. The summed E-state index contributed by atoms with van der Waals surface area (Å²) in [4.78, 5) is 10.7. The van der Waals surface area contributed by atoms with E-state index in [4.69, 9.17) is 0 Å². The van der Waals surface area contributed by atoms with Crippen molar-refractivity contribution < 1.29 is 26.0 Å². The second-order valence-electron chi connectivity index (χ2n) is 7.60. The number of piperazine rings is 1. The molecule has 3 rings (SSSR count). The molecule has 0 amide bonds. The van der Waals surface area contributed by atoms with Crippen molar-refractivity contribution in [1.29, 1.82) is 0 Å². The van der Waals surface area contributed by atoms with Crippen molar-refractivity contribution in [3.8, 4) is 0 Å². The van der Waals surface area contributed by atoms with Gasteiger partial charge in [0.15, 0.2) is 15.5 Å². The maximum atomic E-state index is 13.9. The molecule has 0 bridgehead atoms. The Hall–Kier alpha value is -2.43. The quantitative estimate of drug-likeness (QED) is 0.671. The van der Waals surface area contributed by atoms with Gasteiger partial charge in [-0.2, -0.15) is 13.2 Å². The van der Waals surface area contributed by atoms with Crippen LogP contribution in [-0.2, 0) is 16.0 Å². The molecule has 1 aliphatic rings. The first-order valence-electron chi connectivity index (χ1n) is 9.28. The Kier molecular flexibility index (Phi) is 5.94. The molecule has 1 fully saturated rings. The molecular weight excluding hydrogens is 424 g/mol. The van der Waals surface area contributed by atoms with Crippen LogP contribution in [0, 0.1) is 11.7 Å². The number of benzene rings is 1. The van der Waals surface area contributed by atoms with Crippen LogP contribution in [0.5, 0.6) is 0 Å². The van der Waals surface area contributed by atoms with Gasteiger partial charge in [0.1, 0.15) is 16.5 Å². The standard InChI is InChI=1S/C19H22F4N4O2S/c1-12(2)15-11-26(13-4-5-14(20)16(8-13)30(3,28)29)6-7-27(15)18-10-24-9-17(25-18)19(21,22)23/h4-5,8-10,12,15H,6-7,11H2,1-3H3. The zero-order chi connectivity index (χ0) is 22.3. The lowest BCUT2D eigenvalue weighted by molar-refractivity contribution is -0.141. The fourth-order valence-electron chi connectivity index (χ4n) is 3.50. The number of halogens is 4. The van der Waals surface area contributed by atoms with E-state index < -0.39 is 27.5 Å². The zero-order valence-corrected chi connectivity index (χ0v) is 17.5. The molecule has 0 saturated carbocycles. The van der Waals surface area contributed by atoms with E-state index in [-0.39, 0.29) is 22.7 Å². The molecule has 30 heavy (non-hydrogen) atoms. The molecule has 1 aromatic carbocycles. The van der Waals surface area contributed by atoms with Crippen LogP contribution in [0.15, 0.2) is 35.5 Å². The van der Waals surface area contributed by atoms with Gasteiger partial charge >= 0.3 is 6.18 Å². The number of sulfone groups is 1. The van der Waals surface area contributed by atoms with E-state index in [0.29, 0.717) is 31.5 Å². The molecule has 11 heteroatoms. The first kappa shape index (κ1) is 22.3. The van der Waals surface area contributed by atoms with Gasteiger partial charge in [-0.3, -0.25) is 4.98 Å². The van der Waals surface area contributed by atoms with E-state index in [0.717, 1.165) is 12.3 Å². The molecule has 1 saturated heterocycles. The van der Waals surface area contributed by atoms with Crippen LogP contribution in [0.25, 0.3) is 0 Å². The van der Waals surface area contributed by atoms with Gasteiger partial charge in [-0.15, -0.1) is 0 Å². The van der Waals surface area contributed by atoms with E-state index in [2.05, 4.69) is 9.97 Å². The molecular formula is C19H22F4N4O2S. The summed E-state index contributed by atoms with van der Waals surface area (Å²) in [5.41, 5.74) is -0.515. The summed E-state index contributed by atoms with van der Waals surface area (Å²) in [7, 11) is -3.73. The summed E-state index contributed by atoms with van der Waals surface area (Å²) in [6.07, 6.45) is -1.65. The maximum absolute atomic E-state index is 13.9.